The fourth-order valence-corrected chi connectivity index (χ4v) is 1.45. The van der Waals surface area contributed by atoms with Crippen LogP contribution in [0.5, 0.6) is 0 Å². The number of nitrogens with one attached hydrogen (secondary N) is 1. The first-order valence-corrected chi connectivity index (χ1v) is 5.64. The van der Waals surface area contributed by atoms with Gasteiger partial charge in [0.2, 0.25) is 5.91 Å². The Morgan fingerprint density at radius 3 is 2.94 bits per heavy atom. The van der Waals surface area contributed by atoms with Crippen molar-refractivity contribution in [1.29, 1.82) is 0 Å². The molecule has 0 bridgehead atoms. The normalized spacial score (nSPS) is 12.1. The molecule has 16 heavy (non-hydrogen) atoms. The van der Waals surface area contributed by atoms with Crippen molar-refractivity contribution in [3.63, 3.8) is 0 Å². The average Bonchev–Trinajstić information content (AvgIpc) is 2.30. The summed E-state index contributed by atoms with van der Waals surface area (Å²) < 4.78 is 0. The molecule has 1 amide bonds. The Bertz CT molecular complexity index is 313. The van der Waals surface area contributed by atoms with Crippen LogP contribution in [-0.4, -0.2) is 17.4 Å². The molecular weight excluding hydrogens is 202 g/mol. The van der Waals surface area contributed by atoms with Crippen LogP contribution in [0.2, 0.25) is 0 Å². The lowest BCUT2D eigenvalue weighted by atomic mass is 10.2. The first-order valence-electron chi connectivity index (χ1n) is 5.64. The summed E-state index contributed by atoms with van der Waals surface area (Å²) in [5.74, 6) is 0.0617. The van der Waals surface area contributed by atoms with Crippen LogP contribution in [0.4, 0.5) is 0 Å². The molecule has 1 aromatic rings. The number of hydrogen-bond acceptors (Lipinski definition) is 3. The van der Waals surface area contributed by atoms with E-state index in [4.69, 9.17) is 5.73 Å². The van der Waals surface area contributed by atoms with Crippen molar-refractivity contribution in [1.82, 2.24) is 10.3 Å². The molecule has 0 saturated heterocycles. The van der Waals surface area contributed by atoms with Crippen LogP contribution in [0, 0.1) is 0 Å². The number of hydrogen-bond donors (Lipinski definition) is 2. The van der Waals surface area contributed by atoms with Crippen molar-refractivity contribution >= 4 is 5.91 Å². The van der Waals surface area contributed by atoms with E-state index in [-0.39, 0.29) is 11.9 Å². The molecule has 0 aliphatic rings. The third-order valence-corrected chi connectivity index (χ3v) is 2.37. The van der Waals surface area contributed by atoms with Gasteiger partial charge in [-0.3, -0.25) is 9.78 Å². The van der Waals surface area contributed by atoms with Crippen molar-refractivity contribution in [2.24, 2.45) is 5.73 Å². The molecule has 1 atom stereocenters. The van der Waals surface area contributed by atoms with E-state index in [9.17, 15) is 4.79 Å². The highest BCUT2D eigenvalue weighted by atomic mass is 16.1. The van der Waals surface area contributed by atoms with Gasteiger partial charge in [-0.1, -0.05) is 6.07 Å². The van der Waals surface area contributed by atoms with E-state index < -0.39 is 0 Å². The predicted molar refractivity (Wildman–Crippen MR) is 63.7 cm³/mol. The lowest BCUT2D eigenvalue weighted by molar-refractivity contribution is -0.121. The molecule has 0 saturated carbocycles. The molecule has 4 nitrogen and oxygen atoms in total. The number of nitrogens with zero attached hydrogens (tertiary/aromatic N) is 1. The van der Waals surface area contributed by atoms with Crippen LogP contribution < -0.4 is 11.1 Å². The SMILES string of the molecule is C[C@@H](NC(=O)CCCCN)c1ccccn1. The van der Waals surface area contributed by atoms with Gasteiger partial charge in [0, 0.05) is 12.6 Å². The van der Waals surface area contributed by atoms with Gasteiger partial charge in [0.1, 0.15) is 0 Å². The highest BCUT2D eigenvalue weighted by Crippen LogP contribution is 2.08. The van der Waals surface area contributed by atoms with Crippen molar-refractivity contribution < 1.29 is 4.79 Å². The second kappa shape index (κ2) is 6.95. The van der Waals surface area contributed by atoms with Crippen molar-refractivity contribution in [3.8, 4) is 0 Å². The first kappa shape index (κ1) is 12.6. The zero-order valence-corrected chi connectivity index (χ0v) is 9.65. The Hall–Kier alpha value is -1.42. The summed E-state index contributed by atoms with van der Waals surface area (Å²) in [5, 5.41) is 2.91. The zero-order valence-electron chi connectivity index (χ0n) is 9.65. The number of pyridine rings is 1. The van der Waals surface area contributed by atoms with Crippen molar-refractivity contribution in [3.05, 3.63) is 30.1 Å². The molecule has 88 valence electrons. The maximum Gasteiger partial charge on any atom is 0.220 e. The van der Waals surface area contributed by atoms with Gasteiger partial charge in [0.15, 0.2) is 0 Å². The summed E-state index contributed by atoms with van der Waals surface area (Å²) in [6.07, 6.45) is 4.00. The molecule has 0 radical (unpaired) electrons. The number of carbonyl (C=O) groups is 1. The number of rotatable bonds is 6. The van der Waals surface area contributed by atoms with Gasteiger partial charge in [-0.25, -0.2) is 0 Å². The Kier molecular flexibility index (Phi) is 5.50. The molecule has 0 unspecified atom stereocenters. The monoisotopic (exact) mass is 221 g/mol. The van der Waals surface area contributed by atoms with E-state index in [1.54, 1.807) is 6.20 Å². The summed E-state index contributed by atoms with van der Waals surface area (Å²) in [5.41, 5.74) is 6.25. The second-order valence-electron chi connectivity index (χ2n) is 3.79. The Morgan fingerprint density at radius 1 is 1.50 bits per heavy atom. The van der Waals surface area contributed by atoms with E-state index in [0.717, 1.165) is 18.5 Å². The summed E-state index contributed by atoms with van der Waals surface area (Å²) >= 11 is 0. The molecule has 1 rings (SSSR count). The van der Waals surface area contributed by atoms with Crippen LogP contribution >= 0.6 is 0 Å². The third kappa shape index (κ3) is 4.40. The molecule has 0 aliphatic heterocycles. The highest BCUT2D eigenvalue weighted by Gasteiger charge is 2.09. The Morgan fingerprint density at radius 2 is 2.31 bits per heavy atom. The van der Waals surface area contributed by atoms with Gasteiger partial charge in [0.25, 0.3) is 0 Å². The molecule has 0 aliphatic carbocycles. The minimum absolute atomic E-state index is 0.0356. The molecule has 3 N–H and O–H groups in total. The number of carbonyl (C=O) groups excluding carboxylic acids is 1. The summed E-state index contributed by atoms with van der Waals surface area (Å²) in [6, 6.07) is 5.65. The fraction of sp³-hybridized carbons (Fsp3) is 0.500. The summed E-state index contributed by atoms with van der Waals surface area (Å²) in [7, 11) is 0. The molecule has 4 heteroatoms. The van der Waals surface area contributed by atoms with Gasteiger partial charge < -0.3 is 11.1 Å². The Balaban J connectivity index is 2.34. The number of aromatic nitrogens is 1. The first-order chi connectivity index (χ1) is 7.74. The van der Waals surface area contributed by atoms with Gasteiger partial charge in [0.05, 0.1) is 11.7 Å². The number of nitrogens with two attached hydrogens (primary N) is 1. The molecule has 1 aromatic heterocycles. The van der Waals surface area contributed by atoms with Gasteiger partial charge in [-0.15, -0.1) is 0 Å². The van der Waals surface area contributed by atoms with Gasteiger partial charge >= 0.3 is 0 Å². The van der Waals surface area contributed by atoms with E-state index in [2.05, 4.69) is 10.3 Å². The van der Waals surface area contributed by atoms with Crippen LogP contribution in [0.1, 0.15) is 37.9 Å². The van der Waals surface area contributed by atoms with E-state index >= 15 is 0 Å². The molecule has 0 aromatic carbocycles. The average molecular weight is 221 g/mol. The van der Waals surface area contributed by atoms with Crippen LogP contribution in [0.25, 0.3) is 0 Å². The van der Waals surface area contributed by atoms with Gasteiger partial charge in [-0.05, 0) is 38.4 Å². The molecule has 0 fully saturated rings. The Labute approximate surface area is 96.3 Å². The largest absolute Gasteiger partial charge is 0.348 e. The number of unbranched alkanes of at least 4 members (excludes halogenated alkanes) is 1. The van der Waals surface area contributed by atoms with Crippen LogP contribution in [0.3, 0.4) is 0 Å². The van der Waals surface area contributed by atoms with Crippen molar-refractivity contribution in [2.45, 2.75) is 32.2 Å². The van der Waals surface area contributed by atoms with Crippen LogP contribution in [0.15, 0.2) is 24.4 Å². The molecular formula is C12H19N3O. The van der Waals surface area contributed by atoms with E-state index in [0.29, 0.717) is 13.0 Å². The topological polar surface area (TPSA) is 68.0 Å². The van der Waals surface area contributed by atoms with Crippen molar-refractivity contribution in [2.75, 3.05) is 6.54 Å². The third-order valence-electron chi connectivity index (χ3n) is 2.37. The maximum absolute atomic E-state index is 11.5. The predicted octanol–water partition coefficient (Wildman–Crippen LogP) is 1.39. The minimum Gasteiger partial charge on any atom is -0.348 e. The maximum atomic E-state index is 11.5. The minimum atomic E-state index is -0.0356. The zero-order chi connectivity index (χ0) is 11.8. The molecule has 1 heterocycles. The quantitative estimate of drug-likeness (QED) is 0.713. The van der Waals surface area contributed by atoms with E-state index in [1.807, 2.05) is 25.1 Å². The van der Waals surface area contributed by atoms with E-state index in [1.165, 1.54) is 0 Å². The highest BCUT2D eigenvalue weighted by molar-refractivity contribution is 5.76. The standard InChI is InChI=1S/C12H19N3O/c1-10(11-6-3-5-9-14-11)15-12(16)7-2-4-8-13/h3,5-6,9-10H,2,4,7-8,13H2,1H3,(H,15,16)/t10-/m1/s1. The lowest BCUT2D eigenvalue weighted by Crippen LogP contribution is -2.26. The smallest absolute Gasteiger partial charge is 0.220 e. The summed E-state index contributed by atoms with van der Waals surface area (Å²) in [6.45, 7) is 2.58. The second-order valence-corrected chi connectivity index (χ2v) is 3.79. The molecule has 0 spiro atoms. The fourth-order valence-electron chi connectivity index (χ4n) is 1.45. The summed E-state index contributed by atoms with van der Waals surface area (Å²) in [4.78, 5) is 15.7. The lowest BCUT2D eigenvalue weighted by Gasteiger charge is -2.12. The number of amides is 1. The van der Waals surface area contributed by atoms with Crippen LogP contribution in [-0.2, 0) is 4.79 Å². The van der Waals surface area contributed by atoms with Gasteiger partial charge in [-0.2, -0.15) is 0 Å².